The molecule has 0 saturated carbocycles. The highest BCUT2D eigenvalue weighted by atomic mass is 35.5. The second kappa shape index (κ2) is 5.91. The highest BCUT2D eigenvalue weighted by Crippen LogP contribution is 2.31. The Morgan fingerprint density at radius 1 is 1.00 bits per heavy atom. The van der Waals surface area contributed by atoms with Crippen LogP contribution in [0.25, 0.3) is 16.9 Å². The number of rotatable bonds is 2. The van der Waals surface area contributed by atoms with Crippen LogP contribution in [0.1, 0.15) is 22.4 Å². The summed E-state index contributed by atoms with van der Waals surface area (Å²) < 4.78 is 1.81. The summed E-state index contributed by atoms with van der Waals surface area (Å²) in [6, 6.07) is 15.7. The fraction of sp³-hybridized carbons (Fsp3) is 0.158. The van der Waals surface area contributed by atoms with E-state index in [4.69, 9.17) is 11.6 Å². The smallest absolute Gasteiger partial charge is 0.163 e. The van der Waals surface area contributed by atoms with E-state index in [2.05, 4.69) is 44.1 Å². The van der Waals surface area contributed by atoms with Crippen LogP contribution in [0, 0.1) is 32.1 Å². The van der Waals surface area contributed by atoms with Crippen LogP contribution in [0.15, 0.2) is 42.5 Å². The minimum absolute atomic E-state index is 0.398. The topological polar surface area (TPSA) is 41.6 Å². The fourth-order valence-corrected chi connectivity index (χ4v) is 3.10. The molecular weight excluding hydrogens is 306 g/mol. The van der Waals surface area contributed by atoms with E-state index in [1.54, 1.807) is 4.68 Å². The minimum Gasteiger partial charge on any atom is -0.232 e. The molecule has 3 aromatic rings. The molecule has 0 fully saturated rings. The lowest BCUT2D eigenvalue weighted by atomic mass is 9.97. The standard InChI is InChI=1S/C19H16ClN3/c1-12-8-13(2)19(14(3)9-12)18-10-16(11-21)22-23(18)17-6-4-15(20)5-7-17/h4-10H,1-3H3. The zero-order valence-corrected chi connectivity index (χ0v) is 14.0. The van der Waals surface area contributed by atoms with Crippen LogP contribution in [0.4, 0.5) is 0 Å². The highest BCUT2D eigenvalue weighted by molar-refractivity contribution is 6.30. The third-order valence-corrected chi connectivity index (χ3v) is 4.08. The Kier molecular flexibility index (Phi) is 3.94. The predicted molar refractivity (Wildman–Crippen MR) is 92.9 cm³/mol. The van der Waals surface area contributed by atoms with Gasteiger partial charge in [-0.3, -0.25) is 0 Å². The maximum atomic E-state index is 9.25. The van der Waals surface area contributed by atoms with E-state index in [0.717, 1.165) is 16.9 Å². The number of hydrogen-bond acceptors (Lipinski definition) is 2. The highest BCUT2D eigenvalue weighted by Gasteiger charge is 2.15. The van der Waals surface area contributed by atoms with E-state index in [1.807, 2.05) is 30.3 Å². The van der Waals surface area contributed by atoms with E-state index in [-0.39, 0.29) is 0 Å². The third-order valence-electron chi connectivity index (χ3n) is 3.83. The van der Waals surface area contributed by atoms with Gasteiger partial charge in [-0.2, -0.15) is 10.4 Å². The summed E-state index contributed by atoms with van der Waals surface area (Å²) in [4.78, 5) is 0. The number of benzene rings is 2. The van der Waals surface area contributed by atoms with Crippen molar-refractivity contribution in [2.75, 3.05) is 0 Å². The lowest BCUT2D eigenvalue weighted by Gasteiger charge is -2.13. The van der Waals surface area contributed by atoms with Crippen molar-refractivity contribution >= 4 is 11.6 Å². The summed E-state index contributed by atoms with van der Waals surface area (Å²) in [5.41, 5.74) is 6.86. The van der Waals surface area contributed by atoms with Crippen molar-refractivity contribution in [3.63, 3.8) is 0 Å². The lowest BCUT2D eigenvalue weighted by Crippen LogP contribution is -2.01. The molecule has 0 saturated heterocycles. The molecule has 0 unspecified atom stereocenters. The van der Waals surface area contributed by atoms with Gasteiger partial charge in [0.1, 0.15) is 6.07 Å². The van der Waals surface area contributed by atoms with Gasteiger partial charge in [-0.1, -0.05) is 29.3 Å². The van der Waals surface area contributed by atoms with E-state index < -0.39 is 0 Å². The fourth-order valence-electron chi connectivity index (χ4n) is 2.98. The second-order valence-electron chi connectivity index (χ2n) is 5.69. The number of aryl methyl sites for hydroxylation is 3. The van der Waals surface area contributed by atoms with Crippen LogP contribution < -0.4 is 0 Å². The van der Waals surface area contributed by atoms with Gasteiger partial charge < -0.3 is 0 Å². The molecule has 0 aliphatic rings. The first kappa shape index (κ1) is 15.3. The number of aromatic nitrogens is 2. The predicted octanol–water partition coefficient (Wildman–Crippen LogP) is 4.99. The summed E-state index contributed by atoms with van der Waals surface area (Å²) >= 11 is 5.97. The molecule has 2 aromatic carbocycles. The van der Waals surface area contributed by atoms with Crippen molar-refractivity contribution < 1.29 is 0 Å². The molecule has 3 rings (SSSR count). The van der Waals surface area contributed by atoms with Crippen LogP contribution in [0.3, 0.4) is 0 Å². The maximum Gasteiger partial charge on any atom is 0.163 e. The summed E-state index contributed by atoms with van der Waals surface area (Å²) in [5.74, 6) is 0. The summed E-state index contributed by atoms with van der Waals surface area (Å²) in [6.07, 6.45) is 0. The molecule has 23 heavy (non-hydrogen) atoms. The Morgan fingerprint density at radius 3 is 2.17 bits per heavy atom. The molecule has 0 radical (unpaired) electrons. The summed E-state index contributed by atoms with van der Waals surface area (Å²) in [6.45, 7) is 6.25. The zero-order valence-electron chi connectivity index (χ0n) is 13.3. The largest absolute Gasteiger partial charge is 0.232 e. The van der Waals surface area contributed by atoms with Gasteiger partial charge in [0.05, 0.1) is 11.4 Å². The van der Waals surface area contributed by atoms with Crippen molar-refractivity contribution in [3.8, 4) is 23.0 Å². The molecular formula is C19H16ClN3. The average molecular weight is 322 g/mol. The van der Waals surface area contributed by atoms with Crippen molar-refractivity contribution in [3.05, 3.63) is 69.9 Å². The number of hydrogen-bond donors (Lipinski definition) is 0. The SMILES string of the molecule is Cc1cc(C)c(-c2cc(C#N)nn2-c2ccc(Cl)cc2)c(C)c1. The molecule has 3 nitrogen and oxygen atoms in total. The Hall–Kier alpha value is -2.57. The number of halogens is 1. The molecule has 0 atom stereocenters. The first-order valence-corrected chi connectivity index (χ1v) is 7.71. The Balaban J connectivity index is 2.27. The van der Waals surface area contributed by atoms with Crippen molar-refractivity contribution in [1.82, 2.24) is 9.78 Å². The molecule has 4 heteroatoms. The van der Waals surface area contributed by atoms with Crippen LogP contribution >= 0.6 is 11.6 Å². The Labute approximate surface area is 140 Å². The lowest BCUT2D eigenvalue weighted by molar-refractivity contribution is 0.878. The molecule has 0 spiro atoms. The number of nitrogens with zero attached hydrogens (tertiary/aromatic N) is 3. The van der Waals surface area contributed by atoms with E-state index in [0.29, 0.717) is 10.7 Å². The van der Waals surface area contributed by atoms with Crippen molar-refractivity contribution in [1.29, 1.82) is 5.26 Å². The zero-order chi connectivity index (χ0) is 16.6. The Bertz CT molecular complexity index is 892. The van der Waals surface area contributed by atoms with Gasteiger partial charge >= 0.3 is 0 Å². The molecule has 0 aliphatic heterocycles. The minimum atomic E-state index is 0.398. The second-order valence-corrected chi connectivity index (χ2v) is 6.12. The van der Waals surface area contributed by atoms with Crippen LogP contribution in [0.2, 0.25) is 5.02 Å². The molecule has 0 bridgehead atoms. The van der Waals surface area contributed by atoms with Crippen LogP contribution in [-0.4, -0.2) is 9.78 Å². The van der Waals surface area contributed by atoms with E-state index >= 15 is 0 Å². The number of nitriles is 1. The van der Waals surface area contributed by atoms with Crippen molar-refractivity contribution in [2.45, 2.75) is 20.8 Å². The molecule has 1 heterocycles. The van der Waals surface area contributed by atoms with Gasteiger partial charge in [0.25, 0.3) is 0 Å². The summed E-state index contributed by atoms with van der Waals surface area (Å²) in [7, 11) is 0. The molecule has 0 amide bonds. The summed E-state index contributed by atoms with van der Waals surface area (Å²) in [5, 5.41) is 14.3. The quantitative estimate of drug-likeness (QED) is 0.667. The van der Waals surface area contributed by atoms with Gasteiger partial charge in [0.15, 0.2) is 5.69 Å². The van der Waals surface area contributed by atoms with Gasteiger partial charge in [-0.05, 0) is 56.2 Å². The van der Waals surface area contributed by atoms with E-state index in [9.17, 15) is 5.26 Å². The molecule has 0 aliphatic carbocycles. The van der Waals surface area contributed by atoms with Gasteiger partial charge in [-0.25, -0.2) is 4.68 Å². The molecule has 0 N–H and O–H groups in total. The van der Waals surface area contributed by atoms with Gasteiger partial charge in [0.2, 0.25) is 0 Å². The molecule has 1 aromatic heterocycles. The van der Waals surface area contributed by atoms with Crippen LogP contribution in [-0.2, 0) is 0 Å². The van der Waals surface area contributed by atoms with Crippen LogP contribution in [0.5, 0.6) is 0 Å². The third kappa shape index (κ3) is 2.86. The first-order valence-electron chi connectivity index (χ1n) is 7.34. The van der Waals surface area contributed by atoms with Gasteiger partial charge in [-0.15, -0.1) is 0 Å². The van der Waals surface area contributed by atoms with Gasteiger partial charge in [0, 0.05) is 16.7 Å². The molecule has 114 valence electrons. The average Bonchev–Trinajstić information content (AvgIpc) is 2.91. The Morgan fingerprint density at radius 2 is 1.61 bits per heavy atom. The van der Waals surface area contributed by atoms with E-state index in [1.165, 1.54) is 16.7 Å². The normalized spacial score (nSPS) is 10.6. The maximum absolute atomic E-state index is 9.25. The van der Waals surface area contributed by atoms with Crippen molar-refractivity contribution in [2.24, 2.45) is 0 Å². The monoisotopic (exact) mass is 321 g/mol. The first-order chi connectivity index (χ1) is 11.0.